The zero-order valence-electron chi connectivity index (χ0n) is 23.0. The first-order valence-electron chi connectivity index (χ1n) is 13.8. The Labute approximate surface area is 233 Å². The molecule has 0 bridgehead atoms. The van der Waals surface area contributed by atoms with E-state index in [2.05, 4.69) is 26.3 Å². The number of aliphatic carboxylic acids is 1. The number of nitrogens with one attached hydrogen (secondary N) is 5. The van der Waals surface area contributed by atoms with Crippen molar-refractivity contribution in [2.45, 2.75) is 83.0 Å². The lowest BCUT2D eigenvalue weighted by molar-refractivity contribution is -0.139. The van der Waals surface area contributed by atoms with Crippen LogP contribution in [0.3, 0.4) is 0 Å². The molecule has 3 rings (SSSR count). The molecule has 0 spiro atoms. The van der Waals surface area contributed by atoms with Crippen molar-refractivity contribution < 1.29 is 29.1 Å². The highest BCUT2D eigenvalue weighted by atomic mass is 16.4. The van der Waals surface area contributed by atoms with Crippen molar-refractivity contribution in [2.24, 2.45) is 11.7 Å². The van der Waals surface area contributed by atoms with Crippen LogP contribution in [-0.4, -0.2) is 70.4 Å². The number of nitrogens with two attached hydrogens (primary N) is 1. The molecule has 40 heavy (non-hydrogen) atoms. The van der Waals surface area contributed by atoms with Crippen molar-refractivity contribution in [3.63, 3.8) is 0 Å². The van der Waals surface area contributed by atoms with E-state index in [9.17, 15) is 29.1 Å². The largest absolute Gasteiger partial charge is 0.481 e. The Morgan fingerprint density at radius 3 is 2.08 bits per heavy atom. The molecule has 12 heteroatoms. The van der Waals surface area contributed by atoms with Crippen LogP contribution in [-0.2, 0) is 30.4 Å². The van der Waals surface area contributed by atoms with E-state index in [0.717, 1.165) is 16.5 Å². The van der Waals surface area contributed by atoms with Crippen LogP contribution in [0.2, 0.25) is 0 Å². The lowest BCUT2D eigenvalue weighted by Crippen LogP contribution is -2.62. The summed E-state index contributed by atoms with van der Waals surface area (Å²) < 4.78 is 0. The second-order valence-electron chi connectivity index (χ2n) is 10.7. The van der Waals surface area contributed by atoms with Crippen molar-refractivity contribution in [3.8, 4) is 0 Å². The van der Waals surface area contributed by atoms with E-state index in [-0.39, 0.29) is 31.6 Å². The van der Waals surface area contributed by atoms with Crippen LogP contribution in [0, 0.1) is 5.92 Å². The Balaban J connectivity index is 1.96. The lowest BCUT2D eigenvalue weighted by Gasteiger charge is -2.29. The van der Waals surface area contributed by atoms with E-state index in [4.69, 9.17) is 5.73 Å². The Morgan fingerprint density at radius 1 is 0.850 bits per heavy atom. The van der Waals surface area contributed by atoms with E-state index in [1.807, 2.05) is 38.1 Å². The summed E-state index contributed by atoms with van der Waals surface area (Å²) >= 11 is 0. The molecule has 1 fully saturated rings. The zero-order chi connectivity index (χ0) is 29.2. The molecule has 4 atom stereocenters. The van der Waals surface area contributed by atoms with Gasteiger partial charge in [-0.1, -0.05) is 32.0 Å². The number of carboxylic acid groups (broad SMARTS) is 1. The second kappa shape index (κ2) is 14.5. The topological polar surface area (TPSA) is 196 Å². The summed E-state index contributed by atoms with van der Waals surface area (Å²) in [6.45, 7) is 4.24. The predicted octanol–water partition coefficient (Wildman–Crippen LogP) is 0.703. The maximum Gasteiger partial charge on any atom is 0.303 e. The van der Waals surface area contributed by atoms with Crippen molar-refractivity contribution in [1.82, 2.24) is 26.3 Å². The normalized spacial score (nSPS) is 22.6. The summed E-state index contributed by atoms with van der Waals surface area (Å²) in [5.41, 5.74) is 7.23. The third-order valence-corrected chi connectivity index (χ3v) is 6.93. The number of para-hydroxylation sites is 1. The van der Waals surface area contributed by atoms with Gasteiger partial charge in [-0.3, -0.25) is 24.0 Å². The molecule has 0 radical (unpaired) electrons. The van der Waals surface area contributed by atoms with Crippen LogP contribution in [0.5, 0.6) is 0 Å². The van der Waals surface area contributed by atoms with E-state index < -0.39 is 53.8 Å². The van der Waals surface area contributed by atoms with E-state index in [1.165, 1.54) is 0 Å². The molecule has 0 saturated carbocycles. The van der Waals surface area contributed by atoms with Crippen LogP contribution < -0.4 is 27.0 Å². The van der Waals surface area contributed by atoms with Crippen molar-refractivity contribution >= 4 is 40.5 Å². The predicted molar refractivity (Wildman–Crippen MR) is 149 cm³/mol. The van der Waals surface area contributed by atoms with Gasteiger partial charge in [-0.2, -0.15) is 0 Å². The summed E-state index contributed by atoms with van der Waals surface area (Å²) in [6, 6.07) is 3.31. The van der Waals surface area contributed by atoms with Gasteiger partial charge in [0.25, 0.3) is 0 Å². The van der Waals surface area contributed by atoms with E-state index in [1.54, 1.807) is 6.20 Å². The molecule has 4 amide bonds. The maximum absolute atomic E-state index is 13.6. The average molecular weight is 557 g/mol. The molecular formula is C28H40N6O6. The molecule has 2 heterocycles. The van der Waals surface area contributed by atoms with Gasteiger partial charge in [-0.15, -0.1) is 0 Å². The average Bonchev–Trinajstić information content (AvgIpc) is 3.31. The Kier molecular flexibility index (Phi) is 11.1. The van der Waals surface area contributed by atoms with Gasteiger partial charge in [0.1, 0.15) is 24.2 Å². The SMILES string of the molecule is CC(C)C[C@@H]1NC(=O)[C@H](Cc2c[nH]c3ccccc23)NC(=O)[C@H](CCC(=O)O)NC(=O)[C@H](CCCCN)NC1=O. The number of carboxylic acids is 1. The first-order chi connectivity index (χ1) is 19.1. The fourth-order valence-corrected chi connectivity index (χ4v) is 4.82. The first-order valence-corrected chi connectivity index (χ1v) is 13.8. The number of benzene rings is 1. The Hall–Kier alpha value is -3.93. The summed E-state index contributed by atoms with van der Waals surface area (Å²) in [6.07, 6.45) is 3.08. The van der Waals surface area contributed by atoms with Gasteiger partial charge in [-0.25, -0.2) is 0 Å². The number of hydrogen-bond acceptors (Lipinski definition) is 6. The molecule has 1 aliphatic heterocycles. The van der Waals surface area contributed by atoms with Crippen LogP contribution in [0.15, 0.2) is 30.5 Å². The molecule has 2 aromatic rings. The number of fused-ring (bicyclic) bond motifs is 1. The molecule has 218 valence electrons. The van der Waals surface area contributed by atoms with Crippen molar-refractivity contribution in [1.29, 1.82) is 0 Å². The second-order valence-corrected chi connectivity index (χ2v) is 10.7. The van der Waals surface area contributed by atoms with Crippen molar-refractivity contribution in [3.05, 3.63) is 36.0 Å². The monoisotopic (exact) mass is 556 g/mol. The fraction of sp³-hybridized carbons (Fsp3) is 0.536. The molecule has 1 aliphatic rings. The highest BCUT2D eigenvalue weighted by Gasteiger charge is 2.34. The third kappa shape index (κ3) is 8.54. The molecule has 1 aromatic carbocycles. The number of carbonyl (C=O) groups is 5. The smallest absolute Gasteiger partial charge is 0.303 e. The van der Waals surface area contributed by atoms with Gasteiger partial charge in [0, 0.05) is 29.9 Å². The number of aromatic nitrogens is 1. The fourth-order valence-electron chi connectivity index (χ4n) is 4.82. The summed E-state index contributed by atoms with van der Waals surface area (Å²) in [4.78, 5) is 68.1. The molecule has 1 aromatic heterocycles. The third-order valence-electron chi connectivity index (χ3n) is 6.93. The zero-order valence-corrected chi connectivity index (χ0v) is 23.0. The number of unbranched alkanes of at least 4 members (excludes halogenated alkanes) is 1. The number of carbonyl (C=O) groups excluding carboxylic acids is 4. The molecular weight excluding hydrogens is 516 g/mol. The van der Waals surface area contributed by atoms with Gasteiger partial charge in [0.2, 0.25) is 23.6 Å². The minimum atomic E-state index is -1.22. The highest BCUT2D eigenvalue weighted by molar-refractivity contribution is 5.98. The van der Waals surface area contributed by atoms with Gasteiger partial charge in [0.05, 0.1) is 0 Å². The van der Waals surface area contributed by atoms with Crippen LogP contribution in [0.25, 0.3) is 10.9 Å². The highest BCUT2D eigenvalue weighted by Crippen LogP contribution is 2.20. The first kappa shape index (κ1) is 30.6. The minimum Gasteiger partial charge on any atom is -0.481 e. The van der Waals surface area contributed by atoms with Crippen LogP contribution in [0.1, 0.15) is 57.9 Å². The molecule has 0 unspecified atom stereocenters. The van der Waals surface area contributed by atoms with Crippen molar-refractivity contribution in [2.75, 3.05) is 6.54 Å². The molecule has 1 saturated heterocycles. The summed E-state index contributed by atoms with van der Waals surface area (Å²) in [5.74, 6) is -3.42. The number of H-pyrrole nitrogens is 1. The summed E-state index contributed by atoms with van der Waals surface area (Å²) in [7, 11) is 0. The quantitative estimate of drug-likeness (QED) is 0.198. The van der Waals surface area contributed by atoms with Crippen LogP contribution >= 0.6 is 0 Å². The maximum atomic E-state index is 13.6. The standard InChI is InChI=1S/C28H40N6O6/c1-16(2)13-22-27(39)31-20(9-5-6-12-29)25(37)32-21(10-11-24(35)36)26(38)34-23(28(40)33-22)14-17-15-30-19-8-4-3-7-18(17)19/h3-4,7-8,15-16,20-23,30H,5-6,9-14,29H2,1-2H3,(H,31,39)(H,32,37)(H,33,40)(H,34,38)(H,35,36)/t20-,21-,22-,23-/m0/s1. The van der Waals surface area contributed by atoms with E-state index >= 15 is 0 Å². The number of rotatable bonds is 11. The van der Waals surface area contributed by atoms with Gasteiger partial charge >= 0.3 is 5.97 Å². The number of amides is 4. The molecule has 12 nitrogen and oxygen atoms in total. The van der Waals surface area contributed by atoms with E-state index in [0.29, 0.717) is 25.8 Å². The minimum absolute atomic E-state index is 0.0514. The lowest BCUT2D eigenvalue weighted by atomic mass is 9.99. The Morgan fingerprint density at radius 2 is 1.43 bits per heavy atom. The van der Waals surface area contributed by atoms with Crippen LogP contribution in [0.4, 0.5) is 0 Å². The number of hydrogen-bond donors (Lipinski definition) is 7. The summed E-state index contributed by atoms with van der Waals surface area (Å²) in [5, 5.41) is 21.0. The van der Waals surface area contributed by atoms with Gasteiger partial charge < -0.3 is 37.1 Å². The van der Waals surface area contributed by atoms with Gasteiger partial charge in [0.15, 0.2) is 0 Å². The molecule has 0 aliphatic carbocycles. The number of aromatic amines is 1. The van der Waals surface area contributed by atoms with Gasteiger partial charge in [-0.05, 0) is 56.2 Å². The molecule has 8 N–H and O–H groups in total. The Bertz CT molecular complexity index is 1210.